The molecule has 2 aromatic carbocycles. The minimum absolute atomic E-state index is 0.0192. The van der Waals surface area contributed by atoms with Gasteiger partial charge < -0.3 is 5.32 Å². The standard InChI is InChI=1S/C17H17Br2NO/c1-12(13-8-4-2-5-9-13)20-17(21)16(19)15(18)14-10-6-3-7-11-14/h2-12,15-16H,1H3,(H,20,21)/t12-,15?,16?/m0/s1. The first-order chi connectivity index (χ1) is 10.1. The van der Waals surface area contributed by atoms with Crippen molar-refractivity contribution in [1.29, 1.82) is 0 Å². The van der Waals surface area contributed by atoms with Crippen LogP contribution in [0.5, 0.6) is 0 Å². The first-order valence-electron chi connectivity index (χ1n) is 6.78. The van der Waals surface area contributed by atoms with Gasteiger partial charge in [0.2, 0.25) is 5.91 Å². The number of hydrogen-bond acceptors (Lipinski definition) is 1. The van der Waals surface area contributed by atoms with Crippen LogP contribution in [-0.4, -0.2) is 10.7 Å². The van der Waals surface area contributed by atoms with Crippen LogP contribution in [0.1, 0.15) is 28.9 Å². The highest BCUT2D eigenvalue weighted by Gasteiger charge is 2.25. The lowest BCUT2D eigenvalue weighted by atomic mass is 10.1. The van der Waals surface area contributed by atoms with Crippen LogP contribution < -0.4 is 5.32 Å². The molecule has 0 saturated carbocycles. The highest BCUT2D eigenvalue weighted by molar-refractivity contribution is 9.12. The highest BCUT2D eigenvalue weighted by atomic mass is 79.9. The fourth-order valence-electron chi connectivity index (χ4n) is 2.06. The van der Waals surface area contributed by atoms with Crippen LogP contribution in [0.15, 0.2) is 60.7 Å². The van der Waals surface area contributed by atoms with E-state index in [1.165, 1.54) is 0 Å². The Kier molecular flexibility index (Phi) is 6.00. The van der Waals surface area contributed by atoms with Gasteiger partial charge in [0.25, 0.3) is 0 Å². The molecule has 0 heterocycles. The number of hydrogen-bond donors (Lipinski definition) is 1. The summed E-state index contributed by atoms with van der Waals surface area (Å²) in [4.78, 5) is 12.0. The van der Waals surface area contributed by atoms with Gasteiger partial charge in [0, 0.05) is 0 Å². The van der Waals surface area contributed by atoms with Gasteiger partial charge >= 0.3 is 0 Å². The van der Waals surface area contributed by atoms with E-state index in [0.717, 1.165) is 11.1 Å². The SMILES string of the molecule is C[C@H](NC(=O)C(Br)C(Br)c1ccccc1)c1ccccc1. The third-order valence-electron chi connectivity index (χ3n) is 3.28. The summed E-state index contributed by atoms with van der Waals surface area (Å²) < 4.78 is 0. The fourth-order valence-corrected chi connectivity index (χ4v) is 3.04. The van der Waals surface area contributed by atoms with Crippen LogP contribution in [0.4, 0.5) is 0 Å². The van der Waals surface area contributed by atoms with Crippen molar-refractivity contribution in [3.63, 3.8) is 0 Å². The number of amides is 1. The quantitative estimate of drug-likeness (QED) is 0.707. The van der Waals surface area contributed by atoms with Gasteiger partial charge in [-0.1, -0.05) is 92.5 Å². The van der Waals surface area contributed by atoms with Gasteiger partial charge in [0.1, 0.15) is 4.83 Å². The Labute approximate surface area is 142 Å². The lowest BCUT2D eigenvalue weighted by Crippen LogP contribution is -2.35. The van der Waals surface area contributed by atoms with Gasteiger partial charge in [0.05, 0.1) is 10.9 Å². The van der Waals surface area contributed by atoms with Gasteiger partial charge in [0.15, 0.2) is 0 Å². The molecule has 110 valence electrons. The van der Waals surface area contributed by atoms with Crippen LogP contribution in [0.25, 0.3) is 0 Å². The van der Waals surface area contributed by atoms with E-state index in [-0.39, 0.29) is 21.6 Å². The average molecular weight is 411 g/mol. The van der Waals surface area contributed by atoms with Gasteiger partial charge in [-0.3, -0.25) is 4.79 Å². The van der Waals surface area contributed by atoms with E-state index in [2.05, 4.69) is 37.2 Å². The Morgan fingerprint density at radius 1 is 0.905 bits per heavy atom. The van der Waals surface area contributed by atoms with Crippen molar-refractivity contribution in [3.05, 3.63) is 71.8 Å². The zero-order chi connectivity index (χ0) is 15.2. The van der Waals surface area contributed by atoms with Crippen molar-refractivity contribution in [3.8, 4) is 0 Å². The van der Waals surface area contributed by atoms with E-state index < -0.39 is 0 Å². The van der Waals surface area contributed by atoms with E-state index in [1.54, 1.807) is 0 Å². The van der Waals surface area contributed by atoms with Crippen molar-refractivity contribution in [2.24, 2.45) is 0 Å². The van der Waals surface area contributed by atoms with Crippen LogP contribution in [0.2, 0.25) is 0 Å². The molecule has 2 nitrogen and oxygen atoms in total. The summed E-state index contributed by atoms with van der Waals surface area (Å²) in [5.74, 6) is -0.0305. The van der Waals surface area contributed by atoms with Crippen LogP contribution in [0.3, 0.4) is 0 Å². The topological polar surface area (TPSA) is 29.1 Å². The minimum atomic E-state index is -0.328. The maximum atomic E-state index is 12.4. The first-order valence-corrected chi connectivity index (χ1v) is 8.61. The summed E-state index contributed by atoms with van der Waals surface area (Å²) in [5, 5.41) is 3.03. The number of rotatable bonds is 5. The number of carbonyl (C=O) groups excluding carboxylic acids is 1. The van der Waals surface area contributed by atoms with Crippen molar-refractivity contribution >= 4 is 37.8 Å². The Balaban J connectivity index is 2.00. The third-order valence-corrected chi connectivity index (χ3v) is 6.00. The van der Waals surface area contributed by atoms with Crippen LogP contribution in [0, 0.1) is 0 Å². The van der Waals surface area contributed by atoms with Crippen molar-refractivity contribution in [2.75, 3.05) is 0 Å². The van der Waals surface area contributed by atoms with Gasteiger partial charge in [-0.15, -0.1) is 0 Å². The Bertz CT molecular complexity index is 574. The molecule has 1 amide bonds. The summed E-state index contributed by atoms with van der Waals surface area (Å²) in [6.07, 6.45) is 0. The van der Waals surface area contributed by atoms with E-state index in [4.69, 9.17) is 0 Å². The van der Waals surface area contributed by atoms with Crippen LogP contribution in [-0.2, 0) is 4.79 Å². The minimum Gasteiger partial charge on any atom is -0.349 e. The van der Waals surface area contributed by atoms with Gasteiger partial charge in [-0.05, 0) is 18.1 Å². The summed E-state index contributed by atoms with van der Waals surface area (Å²) in [6.45, 7) is 1.98. The van der Waals surface area contributed by atoms with Crippen molar-refractivity contribution in [2.45, 2.75) is 22.6 Å². The Hall–Kier alpha value is -1.13. The first kappa shape index (κ1) is 16.2. The number of alkyl halides is 2. The summed E-state index contributed by atoms with van der Waals surface area (Å²) in [6, 6.07) is 19.8. The second-order valence-corrected chi connectivity index (χ2v) is 6.83. The maximum Gasteiger partial charge on any atom is 0.235 e. The van der Waals surface area contributed by atoms with E-state index in [0.29, 0.717) is 0 Å². The summed E-state index contributed by atoms with van der Waals surface area (Å²) in [7, 11) is 0. The lowest BCUT2D eigenvalue weighted by Gasteiger charge is -2.20. The van der Waals surface area contributed by atoms with Crippen molar-refractivity contribution < 1.29 is 4.79 Å². The molecule has 2 rings (SSSR count). The monoisotopic (exact) mass is 409 g/mol. The maximum absolute atomic E-state index is 12.4. The predicted octanol–water partition coefficient (Wildman–Crippen LogP) is 4.76. The van der Waals surface area contributed by atoms with Gasteiger partial charge in [-0.2, -0.15) is 0 Å². The third kappa shape index (κ3) is 4.42. The van der Waals surface area contributed by atoms with E-state index in [1.807, 2.05) is 67.6 Å². The molecule has 0 aliphatic rings. The smallest absolute Gasteiger partial charge is 0.235 e. The van der Waals surface area contributed by atoms with E-state index >= 15 is 0 Å². The molecule has 0 spiro atoms. The molecule has 0 bridgehead atoms. The Morgan fingerprint density at radius 3 is 1.90 bits per heavy atom. The number of carbonyl (C=O) groups is 1. The molecule has 2 unspecified atom stereocenters. The summed E-state index contributed by atoms with van der Waals surface area (Å²) in [5.41, 5.74) is 2.17. The molecule has 0 aliphatic carbocycles. The molecule has 3 atom stereocenters. The predicted molar refractivity (Wildman–Crippen MR) is 93.8 cm³/mol. The number of halogens is 2. The lowest BCUT2D eigenvalue weighted by molar-refractivity contribution is -0.121. The van der Waals surface area contributed by atoms with E-state index in [9.17, 15) is 4.79 Å². The number of benzene rings is 2. The van der Waals surface area contributed by atoms with Crippen LogP contribution >= 0.6 is 31.9 Å². The molecule has 0 aromatic heterocycles. The fraction of sp³-hybridized carbons (Fsp3) is 0.235. The largest absolute Gasteiger partial charge is 0.349 e. The zero-order valence-electron chi connectivity index (χ0n) is 11.7. The zero-order valence-corrected chi connectivity index (χ0v) is 14.8. The average Bonchev–Trinajstić information content (AvgIpc) is 2.55. The van der Waals surface area contributed by atoms with Gasteiger partial charge in [-0.25, -0.2) is 0 Å². The molecule has 0 aliphatic heterocycles. The molecule has 0 saturated heterocycles. The second kappa shape index (κ2) is 7.76. The van der Waals surface area contributed by atoms with Crippen molar-refractivity contribution in [1.82, 2.24) is 5.32 Å². The molecule has 0 fully saturated rings. The number of nitrogens with one attached hydrogen (secondary N) is 1. The molecular formula is C17H17Br2NO. The normalized spacial score (nSPS) is 15.0. The molecular weight excluding hydrogens is 394 g/mol. The summed E-state index contributed by atoms with van der Waals surface area (Å²) >= 11 is 7.08. The molecule has 21 heavy (non-hydrogen) atoms. The molecule has 2 aromatic rings. The second-order valence-electron chi connectivity index (χ2n) is 4.86. The molecule has 0 radical (unpaired) electrons. The Morgan fingerprint density at radius 2 is 1.38 bits per heavy atom. The molecule has 4 heteroatoms. The highest BCUT2D eigenvalue weighted by Crippen LogP contribution is 2.31. The molecule has 1 N–H and O–H groups in total.